The number of rotatable bonds is 4. The Morgan fingerprint density at radius 2 is 1.61 bits per heavy atom. The predicted molar refractivity (Wildman–Crippen MR) is 143 cm³/mol. The molecular formula is C19H18I4N2O3. The largest absolute Gasteiger partial charge is 0.506 e. The molecule has 0 saturated carbocycles. The molecule has 0 bridgehead atoms. The predicted octanol–water partition coefficient (Wildman–Crippen LogP) is 5.31. The molecular weight excluding hydrogens is 812 g/mol. The van der Waals surface area contributed by atoms with E-state index in [2.05, 4.69) is 108 Å². The number of phenols is 1. The van der Waals surface area contributed by atoms with Crippen LogP contribution < -0.4 is 10.1 Å². The molecule has 1 aliphatic heterocycles. The molecule has 2 aromatic carbocycles. The molecule has 3 rings (SSSR count). The van der Waals surface area contributed by atoms with Gasteiger partial charge in [0.1, 0.15) is 11.5 Å². The number of likely N-dealkylation sites (N-methyl/N-ethyl adjacent to an activating group) is 1. The molecule has 5 nitrogen and oxygen atoms in total. The van der Waals surface area contributed by atoms with Crippen LogP contribution in [0, 0.1) is 14.3 Å². The van der Waals surface area contributed by atoms with Crippen LogP contribution in [0.4, 0.5) is 0 Å². The number of aromatic hydroxyl groups is 1. The normalized spacial score (nSPS) is 18.6. The van der Waals surface area contributed by atoms with E-state index in [1.54, 1.807) is 4.90 Å². The highest BCUT2D eigenvalue weighted by molar-refractivity contribution is 14.1. The van der Waals surface area contributed by atoms with Crippen LogP contribution in [-0.2, 0) is 11.2 Å². The first-order chi connectivity index (χ1) is 13.0. The van der Waals surface area contributed by atoms with Crippen molar-refractivity contribution in [3.63, 3.8) is 0 Å². The van der Waals surface area contributed by atoms with Crippen LogP contribution in [0.1, 0.15) is 19.4 Å². The third-order valence-corrected chi connectivity index (χ3v) is 7.95. The molecule has 1 amide bonds. The number of ether oxygens (including phenoxy) is 1. The minimum Gasteiger partial charge on any atom is -0.506 e. The van der Waals surface area contributed by atoms with E-state index in [1.807, 2.05) is 33.0 Å². The third kappa shape index (κ3) is 4.82. The van der Waals surface area contributed by atoms with Crippen LogP contribution >= 0.6 is 90.4 Å². The van der Waals surface area contributed by atoms with Crippen molar-refractivity contribution >= 4 is 96.3 Å². The molecule has 28 heavy (non-hydrogen) atoms. The maximum absolute atomic E-state index is 12.5. The van der Waals surface area contributed by atoms with Crippen LogP contribution in [0.25, 0.3) is 0 Å². The van der Waals surface area contributed by atoms with Crippen molar-refractivity contribution in [1.29, 1.82) is 0 Å². The minimum atomic E-state index is -0.335. The first kappa shape index (κ1) is 23.1. The summed E-state index contributed by atoms with van der Waals surface area (Å²) in [5, 5.41) is 13.3. The van der Waals surface area contributed by atoms with E-state index in [9.17, 15) is 9.90 Å². The molecule has 1 heterocycles. The number of benzene rings is 2. The molecule has 1 atom stereocenters. The Morgan fingerprint density at radius 3 is 2.07 bits per heavy atom. The van der Waals surface area contributed by atoms with Gasteiger partial charge in [0, 0.05) is 7.05 Å². The van der Waals surface area contributed by atoms with Crippen molar-refractivity contribution in [2.75, 3.05) is 7.05 Å². The van der Waals surface area contributed by atoms with Crippen molar-refractivity contribution in [2.45, 2.75) is 32.0 Å². The number of halogens is 4. The Bertz CT molecular complexity index is 903. The highest BCUT2D eigenvalue weighted by atomic mass is 127. The lowest BCUT2D eigenvalue weighted by Crippen LogP contribution is -2.45. The summed E-state index contributed by atoms with van der Waals surface area (Å²) in [6.07, 6.45) is 0.633. The van der Waals surface area contributed by atoms with E-state index in [0.29, 0.717) is 12.2 Å². The smallest absolute Gasteiger partial charge is 0.241 e. The number of carbonyl (C=O) groups is 1. The number of hydrogen-bond acceptors (Lipinski definition) is 4. The summed E-state index contributed by atoms with van der Waals surface area (Å²) in [6.45, 7) is 4.02. The molecule has 1 fully saturated rings. The first-order valence-corrected chi connectivity index (χ1v) is 12.7. The van der Waals surface area contributed by atoms with Crippen molar-refractivity contribution in [2.24, 2.45) is 0 Å². The summed E-state index contributed by atoms with van der Waals surface area (Å²) in [5.41, 5.74) is 0.756. The molecule has 2 aromatic rings. The fourth-order valence-corrected chi connectivity index (χ4v) is 6.84. The van der Waals surface area contributed by atoms with Gasteiger partial charge in [0.25, 0.3) is 0 Å². The number of nitrogens with one attached hydrogen (secondary N) is 1. The van der Waals surface area contributed by atoms with Gasteiger partial charge in [-0.2, -0.15) is 0 Å². The van der Waals surface area contributed by atoms with E-state index in [4.69, 9.17) is 4.74 Å². The second-order valence-corrected chi connectivity index (χ2v) is 11.7. The van der Waals surface area contributed by atoms with Gasteiger partial charge >= 0.3 is 0 Å². The Labute approximate surface area is 218 Å². The average molecular weight is 830 g/mol. The first-order valence-electron chi connectivity index (χ1n) is 8.38. The molecule has 150 valence electrons. The van der Waals surface area contributed by atoms with Gasteiger partial charge in [0.05, 0.1) is 26.0 Å². The van der Waals surface area contributed by atoms with Crippen LogP contribution in [0.3, 0.4) is 0 Å². The number of carbonyl (C=O) groups excluding carboxylic acids is 1. The molecule has 0 aromatic heterocycles. The number of amides is 1. The van der Waals surface area contributed by atoms with Gasteiger partial charge in [0.2, 0.25) is 5.91 Å². The number of phenolic OH excluding ortho intramolecular Hbond substituents is 1. The highest BCUT2D eigenvalue weighted by Gasteiger charge is 2.41. The molecule has 1 saturated heterocycles. The summed E-state index contributed by atoms with van der Waals surface area (Å²) >= 11 is 8.72. The average Bonchev–Trinajstić information content (AvgIpc) is 2.78. The maximum Gasteiger partial charge on any atom is 0.241 e. The summed E-state index contributed by atoms with van der Waals surface area (Å²) in [7, 11) is 1.83. The van der Waals surface area contributed by atoms with Crippen LogP contribution in [-0.4, -0.2) is 34.7 Å². The zero-order chi connectivity index (χ0) is 20.8. The second kappa shape index (κ2) is 8.86. The van der Waals surface area contributed by atoms with Crippen molar-refractivity contribution in [1.82, 2.24) is 10.2 Å². The van der Waals surface area contributed by atoms with Gasteiger partial charge in [-0.25, -0.2) is 0 Å². The maximum atomic E-state index is 12.5. The minimum absolute atomic E-state index is 0.114. The monoisotopic (exact) mass is 830 g/mol. The molecule has 0 aliphatic carbocycles. The van der Waals surface area contributed by atoms with Crippen LogP contribution in [0.2, 0.25) is 0 Å². The van der Waals surface area contributed by atoms with Gasteiger partial charge in [0.15, 0.2) is 5.75 Å². The SMILES string of the molecule is CN1C(=O)[C@H](Cc2cc(I)c(Oc3cc(I)c(O)c(I)c3)c(I)c2)NC1(C)C. The Balaban J connectivity index is 1.83. The van der Waals surface area contributed by atoms with Crippen LogP contribution in [0.15, 0.2) is 24.3 Å². The van der Waals surface area contributed by atoms with Crippen molar-refractivity contribution < 1.29 is 14.6 Å². The van der Waals surface area contributed by atoms with E-state index >= 15 is 0 Å². The zero-order valence-electron chi connectivity index (χ0n) is 15.3. The second-order valence-electron chi connectivity index (χ2n) is 7.08. The van der Waals surface area contributed by atoms with Crippen molar-refractivity contribution in [3.8, 4) is 17.2 Å². The zero-order valence-corrected chi connectivity index (χ0v) is 23.9. The molecule has 1 aliphatic rings. The van der Waals surface area contributed by atoms with Gasteiger partial charge < -0.3 is 14.7 Å². The molecule has 2 N–H and O–H groups in total. The Kier molecular flexibility index (Phi) is 7.30. The quantitative estimate of drug-likeness (QED) is 0.411. The van der Waals surface area contributed by atoms with E-state index in [-0.39, 0.29) is 23.4 Å². The standard InChI is InChI=1S/C19H18I4N2O3/c1-19(2)24-15(18(27)25(19)3)6-9-4-13(22)17(14(23)5-9)28-10-7-11(20)16(26)12(21)8-10/h4-5,7-8,15,24,26H,6H2,1-3H3/t15-/m0/s1. The van der Waals surface area contributed by atoms with Gasteiger partial charge in [-0.05, 0) is 140 Å². The van der Waals surface area contributed by atoms with Gasteiger partial charge in [-0.1, -0.05) is 0 Å². The Hall–Kier alpha value is 0.390. The molecule has 9 heteroatoms. The highest BCUT2D eigenvalue weighted by Crippen LogP contribution is 2.37. The fraction of sp³-hybridized carbons (Fsp3) is 0.316. The Morgan fingerprint density at radius 1 is 1.07 bits per heavy atom. The summed E-state index contributed by atoms with van der Waals surface area (Å²) < 4.78 is 9.59. The number of nitrogens with zero attached hydrogens (tertiary/aromatic N) is 1. The lowest BCUT2D eigenvalue weighted by Gasteiger charge is -2.27. The van der Waals surface area contributed by atoms with E-state index in [0.717, 1.165) is 25.6 Å². The number of hydrogen-bond donors (Lipinski definition) is 2. The van der Waals surface area contributed by atoms with Gasteiger partial charge in [-0.3, -0.25) is 10.1 Å². The molecule has 0 spiro atoms. The lowest BCUT2D eigenvalue weighted by atomic mass is 10.1. The molecule has 0 unspecified atom stereocenters. The van der Waals surface area contributed by atoms with Crippen LogP contribution in [0.5, 0.6) is 17.2 Å². The third-order valence-electron chi connectivity index (χ3n) is 4.70. The molecule has 0 radical (unpaired) electrons. The van der Waals surface area contributed by atoms with E-state index in [1.165, 1.54) is 0 Å². The van der Waals surface area contributed by atoms with Crippen molar-refractivity contribution in [3.05, 3.63) is 44.1 Å². The lowest BCUT2D eigenvalue weighted by molar-refractivity contribution is -0.129. The summed E-state index contributed by atoms with van der Waals surface area (Å²) in [4.78, 5) is 14.3. The fourth-order valence-electron chi connectivity index (χ4n) is 3.01. The summed E-state index contributed by atoms with van der Waals surface area (Å²) in [6, 6.07) is 7.54. The van der Waals surface area contributed by atoms with Gasteiger partial charge in [-0.15, -0.1) is 0 Å². The topological polar surface area (TPSA) is 61.8 Å². The summed E-state index contributed by atoms with van der Waals surface area (Å²) in [5.74, 6) is 1.86. The van der Waals surface area contributed by atoms with E-state index < -0.39 is 0 Å².